The lowest BCUT2D eigenvalue weighted by Gasteiger charge is -2.21. The summed E-state index contributed by atoms with van der Waals surface area (Å²) in [7, 11) is 0. The first kappa shape index (κ1) is 17.0. The summed E-state index contributed by atoms with van der Waals surface area (Å²) in [6.07, 6.45) is 0. The zero-order valence-corrected chi connectivity index (χ0v) is 12.8. The Kier molecular flexibility index (Phi) is 6.17. The molecular formula is C14H18ClN3O3. The predicted octanol–water partition coefficient (Wildman–Crippen LogP) is 1.26. The van der Waals surface area contributed by atoms with Gasteiger partial charge in [-0.1, -0.05) is 37.6 Å². The molecule has 0 bridgehead atoms. The summed E-state index contributed by atoms with van der Waals surface area (Å²) in [4.78, 5) is 34.9. The zero-order valence-electron chi connectivity index (χ0n) is 12.1. The van der Waals surface area contributed by atoms with Crippen molar-refractivity contribution in [1.29, 1.82) is 0 Å². The second-order valence-electron chi connectivity index (χ2n) is 4.85. The van der Waals surface area contributed by atoms with Crippen LogP contribution in [0.5, 0.6) is 0 Å². The highest BCUT2D eigenvalue weighted by molar-refractivity contribution is 6.33. The third-order valence-corrected chi connectivity index (χ3v) is 3.06. The smallest absolute Gasteiger partial charge is 0.271 e. The average Bonchev–Trinajstić information content (AvgIpc) is 2.41. The molecule has 0 heterocycles. The van der Waals surface area contributed by atoms with Gasteiger partial charge in [0.2, 0.25) is 5.91 Å². The second-order valence-corrected chi connectivity index (χ2v) is 5.25. The lowest BCUT2D eigenvalue weighted by atomic mass is 10.0. The number of halogens is 1. The first-order valence-corrected chi connectivity index (χ1v) is 6.82. The van der Waals surface area contributed by atoms with E-state index in [0.29, 0.717) is 0 Å². The minimum absolute atomic E-state index is 0.119. The molecule has 0 fully saturated rings. The van der Waals surface area contributed by atoms with Crippen molar-refractivity contribution in [2.24, 2.45) is 5.92 Å². The molecule has 21 heavy (non-hydrogen) atoms. The van der Waals surface area contributed by atoms with Gasteiger partial charge in [-0.3, -0.25) is 25.2 Å². The van der Waals surface area contributed by atoms with Crippen molar-refractivity contribution in [2.45, 2.75) is 26.8 Å². The summed E-state index contributed by atoms with van der Waals surface area (Å²) in [5, 5.41) is 2.81. The van der Waals surface area contributed by atoms with Crippen molar-refractivity contribution in [2.75, 3.05) is 0 Å². The Hall–Kier alpha value is -2.08. The third kappa shape index (κ3) is 5.07. The second kappa shape index (κ2) is 7.64. The van der Waals surface area contributed by atoms with Gasteiger partial charge >= 0.3 is 0 Å². The topological polar surface area (TPSA) is 87.3 Å². The quantitative estimate of drug-likeness (QED) is 0.732. The SMILES string of the molecule is CC(=O)N[C@H](C(=O)NNC(=O)c1ccccc1Cl)C(C)C. The van der Waals surface area contributed by atoms with Gasteiger partial charge in [0.1, 0.15) is 6.04 Å². The molecule has 0 unspecified atom stereocenters. The Bertz CT molecular complexity index is 546. The third-order valence-electron chi connectivity index (χ3n) is 2.73. The molecular weight excluding hydrogens is 294 g/mol. The Balaban J connectivity index is 2.65. The average molecular weight is 312 g/mol. The minimum Gasteiger partial charge on any atom is -0.344 e. The molecule has 3 N–H and O–H groups in total. The van der Waals surface area contributed by atoms with E-state index in [-0.39, 0.29) is 22.4 Å². The summed E-state index contributed by atoms with van der Waals surface area (Å²) < 4.78 is 0. The number of amides is 3. The molecule has 0 aliphatic heterocycles. The number of nitrogens with one attached hydrogen (secondary N) is 3. The minimum atomic E-state index is -0.728. The molecule has 7 heteroatoms. The van der Waals surface area contributed by atoms with Gasteiger partial charge in [0.25, 0.3) is 11.8 Å². The van der Waals surface area contributed by atoms with Gasteiger partial charge in [-0.2, -0.15) is 0 Å². The first-order chi connectivity index (χ1) is 9.82. The predicted molar refractivity (Wildman–Crippen MR) is 79.5 cm³/mol. The van der Waals surface area contributed by atoms with Crippen LogP contribution in [0.2, 0.25) is 5.02 Å². The normalized spacial score (nSPS) is 11.7. The van der Waals surface area contributed by atoms with Gasteiger partial charge in [-0.05, 0) is 18.1 Å². The first-order valence-electron chi connectivity index (χ1n) is 6.44. The molecule has 1 rings (SSSR count). The van der Waals surface area contributed by atoms with Crippen LogP contribution < -0.4 is 16.2 Å². The van der Waals surface area contributed by atoms with Gasteiger partial charge in [0.15, 0.2) is 0 Å². The van der Waals surface area contributed by atoms with Crippen molar-refractivity contribution in [3.8, 4) is 0 Å². The van der Waals surface area contributed by atoms with E-state index in [1.165, 1.54) is 13.0 Å². The highest BCUT2D eigenvalue weighted by atomic mass is 35.5. The maximum absolute atomic E-state index is 12.0. The van der Waals surface area contributed by atoms with E-state index in [1.807, 2.05) is 0 Å². The Morgan fingerprint density at radius 2 is 1.71 bits per heavy atom. The number of hydrazine groups is 1. The monoisotopic (exact) mass is 311 g/mol. The molecule has 1 aromatic carbocycles. The fourth-order valence-corrected chi connectivity index (χ4v) is 1.88. The van der Waals surface area contributed by atoms with Gasteiger partial charge in [-0.25, -0.2) is 0 Å². The van der Waals surface area contributed by atoms with E-state index in [9.17, 15) is 14.4 Å². The Morgan fingerprint density at radius 3 is 2.24 bits per heavy atom. The molecule has 1 aromatic rings. The fourth-order valence-electron chi connectivity index (χ4n) is 1.66. The summed E-state index contributed by atoms with van der Waals surface area (Å²) in [5.74, 6) is -1.47. The van der Waals surface area contributed by atoms with Crippen molar-refractivity contribution in [3.63, 3.8) is 0 Å². The van der Waals surface area contributed by atoms with Gasteiger partial charge in [0, 0.05) is 6.92 Å². The van der Waals surface area contributed by atoms with Crippen LogP contribution in [0.15, 0.2) is 24.3 Å². The van der Waals surface area contributed by atoms with E-state index in [1.54, 1.807) is 32.0 Å². The zero-order chi connectivity index (χ0) is 16.0. The molecule has 0 aliphatic rings. The maximum atomic E-state index is 12.0. The number of benzene rings is 1. The number of rotatable bonds is 4. The fraction of sp³-hybridized carbons (Fsp3) is 0.357. The Morgan fingerprint density at radius 1 is 1.10 bits per heavy atom. The molecule has 0 aliphatic carbocycles. The molecule has 3 amide bonds. The van der Waals surface area contributed by atoms with Gasteiger partial charge in [-0.15, -0.1) is 0 Å². The number of carbonyl (C=O) groups is 3. The summed E-state index contributed by atoms with van der Waals surface area (Å²) in [5.41, 5.74) is 4.81. The van der Waals surface area contributed by atoms with Crippen LogP contribution in [0.25, 0.3) is 0 Å². The van der Waals surface area contributed by atoms with E-state index in [0.717, 1.165) is 0 Å². The van der Waals surface area contributed by atoms with Crippen molar-refractivity contribution >= 4 is 29.3 Å². The maximum Gasteiger partial charge on any atom is 0.271 e. The largest absolute Gasteiger partial charge is 0.344 e. The molecule has 114 valence electrons. The highest BCUT2D eigenvalue weighted by Crippen LogP contribution is 2.14. The van der Waals surface area contributed by atoms with Crippen LogP contribution in [-0.4, -0.2) is 23.8 Å². The number of carbonyl (C=O) groups excluding carboxylic acids is 3. The van der Waals surface area contributed by atoms with E-state index in [4.69, 9.17) is 11.6 Å². The molecule has 0 aromatic heterocycles. The lowest BCUT2D eigenvalue weighted by Crippen LogP contribution is -2.54. The van der Waals surface area contributed by atoms with Gasteiger partial charge in [0.05, 0.1) is 10.6 Å². The molecule has 6 nitrogen and oxygen atoms in total. The number of hydrogen-bond donors (Lipinski definition) is 3. The van der Waals surface area contributed by atoms with Gasteiger partial charge < -0.3 is 5.32 Å². The molecule has 0 radical (unpaired) electrons. The summed E-state index contributed by atoms with van der Waals surface area (Å²) in [6.45, 7) is 4.90. The number of hydrogen-bond acceptors (Lipinski definition) is 3. The van der Waals surface area contributed by atoms with Crippen LogP contribution >= 0.6 is 11.6 Å². The molecule has 0 spiro atoms. The molecule has 0 saturated carbocycles. The van der Waals surface area contributed by atoms with E-state index >= 15 is 0 Å². The lowest BCUT2D eigenvalue weighted by molar-refractivity contribution is -0.129. The molecule has 1 atom stereocenters. The standard InChI is InChI=1S/C14H18ClN3O3/c1-8(2)12(16-9(3)19)14(21)18-17-13(20)10-6-4-5-7-11(10)15/h4-8,12H,1-3H3,(H,16,19)(H,17,20)(H,18,21)/t12-/m0/s1. The van der Waals surface area contributed by atoms with Crippen LogP contribution in [0.4, 0.5) is 0 Å². The van der Waals surface area contributed by atoms with Crippen LogP contribution in [0.1, 0.15) is 31.1 Å². The van der Waals surface area contributed by atoms with Crippen molar-refractivity contribution in [3.05, 3.63) is 34.9 Å². The highest BCUT2D eigenvalue weighted by Gasteiger charge is 2.23. The van der Waals surface area contributed by atoms with Crippen LogP contribution in [0.3, 0.4) is 0 Å². The van der Waals surface area contributed by atoms with Crippen LogP contribution in [-0.2, 0) is 9.59 Å². The van der Waals surface area contributed by atoms with E-state index in [2.05, 4.69) is 16.2 Å². The van der Waals surface area contributed by atoms with Crippen molar-refractivity contribution in [1.82, 2.24) is 16.2 Å². The summed E-state index contributed by atoms with van der Waals surface area (Å²) >= 11 is 5.89. The van der Waals surface area contributed by atoms with E-state index < -0.39 is 17.9 Å². The molecule has 0 saturated heterocycles. The summed E-state index contributed by atoms with van der Waals surface area (Å²) in [6, 6.07) is 5.75. The Labute approximate surface area is 128 Å². The van der Waals surface area contributed by atoms with Crippen molar-refractivity contribution < 1.29 is 14.4 Å². The van der Waals surface area contributed by atoms with Crippen LogP contribution in [0, 0.1) is 5.92 Å².